The summed E-state index contributed by atoms with van der Waals surface area (Å²) in [7, 11) is 3.05. The SMILES string of the molecule is CNC(=O)c1c(Nc2ncc(F)c(Nc3ccc(OC)c(Cl)c3)n2)ccc2c1CO2. The number of benzene rings is 2. The van der Waals surface area contributed by atoms with Crippen molar-refractivity contribution < 1.29 is 18.7 Å². The van der Waals surface area contributed by atoms with Crippen molar-refractivity contribution in [3.63, 3.8) is 0 Å². The molecule has 154 valence electrons. The van der Waals surface area contributed by atoms with Crippen LogP contribution >= 0.6 is 11.6 Å². The maximum Gasteiger partial charge on any atom is 0.253 e. The Hall–Kier alpha value is -3.59. The largest absolute Gasteiger partial charge is 0.495 e. The van der Waals surface area contributed by atoms with Crippen LogP contribution in [-0.2, 0) is 6.61 Å². The van der Waals surface area contributed by atoms with E-state index < -0.39 is 5.82 Å². The number of methoxy groups -OCH3 is 1. The van der Waals surface area contributed by atoms with Crippen molar-refractivity contribution in [2.24, 2.45) is 0 Å². The summed E-state index contributed by atoms with van der Waals surface area (Å²) in [5.74, 6) is 0.291. The van der Waals surface area contributed by atoms with E-state index in [1.54, 1.807) is 37.4 Å². The highest BCUT2D eigenvalue weighted by atomic mass is 35.5. The molecule has 0 bridgehead atoms. The fourth-order valence-corrected chi connectivity index (χ4v) is 3.24. The van der Waals surface area contributed by atoms with Gasteiger partial charge in [0.05, 0.1) is 29.6 Å². The Morgan fingerprint density at radius 1 is 1.27 bits per heavy atom. The van der Waals surface area contributed by atoms with Crippen LogP contribution in [0.15, 0.2) is 36.5 Å². The first-order valence-corrected chi connectivity index (χ1v) is 9.29. The van der Waals surface area contributed by atoms with E-state index in [4.69, 9.17) is 21.1 Å². The minimum absolute atomic E-state index is 0.0532. The van der Waals surface area contributed by atoms with E-state index >= 15 is 0 Å². The van der Waals surface area contributed by atoms with Crippen molar-refractivity contribution in [1.82, 2.24) is 15.3 Å². The van der Waals surface area contributed by atoms with Crippen LogP contribution in [-0.4, -0.2) is 30.0 Å². The Morgan fingerprint density at radius 3 is 2.77 bits per heavy atom. The average molecular weight is 430 g/mol. The molecule has 0 unspecified atom stereocenters. The molecule has 1 aromatic heterocycles. The van der Waals surface area contributed by atoms with Gasteiger partial charge in [0.15, 0.2) is 11.6 Å². The number of aromatic nitrogens is 2. The van der Waals surface area contributed by atoms with Crippen molar-refractivity contribution in [2.45, 2.75) is 6.61 Å². The van der Waals surface area contributed by atoms with Crippen molar-refractivity contribution in [1.29, 1.82) is 0 Å². The van der Waals surface area contributed by atoms with Crippen LogP contribution in [0.4, 0.5) is 27.5 Å². The monoisotopic (exact) mass is 429 g/mol. The van der Waals surface area contributed by atoms with Gasteiger partial charge in [-0.25, -0.2) is 9.37 Å². The molecule has 0 radical (unpaired) electrons. The number of nitrogens with one attached hydrogen (secondary N) is 3. The van der Waals surface area contributed by atoms with Gasteiger partial charge in [-0.2, -0.15) is 4.98 Å². The predicted octanol–water partition coefficient (Wildman–Crippen LogP) is 4.02. The van der Waals surface area contributed by atoms with Crippen LogP contribution in [0.5, 0.6) is 11.5 Å². The minimum atomic E-state index is -0.649. The Morgan fingerprint density at radius 2 is 2.10 bits per heavy atom. The third kappa shape index (κ3) is 3.67. The Balaban J connectivity index is 1.62. The highest BCUT2D eigenvalue weighted by Crippen LogP contribution is 2.37. The molecule has 0 aliphatic carbocycles. The summed E-state index contributed by atoms with van der Waals surface area (Å²) in [6, 6.07) is 8.36. The molecule has 4 rings (SSSR count). The number of rotatable bonds is 6. The Kier molecular flexibility index (Phi) is 5.28. The van der Waals surface area contributed by atoms with E-state index in [0.717, 1.165) is 11.8 Å². The summed E-state index contributed by atoms with van der Waals surface area (Å²) in [5, 5.41) is 8.82. The molecule has 2 heterocycles. The van der Waals surface area contributed by atoms with Gasteiger partial charge in [0, 0.05) is 18.3 Å². The predicted molar refractivity (Wildman–Crippen MR) is 111 cm³/mol. The smallest absolute Gasteiger partial charge is 0.253 e. The van der Waals surface area contributed by atoms with Crippen LogP contribution in [0.2, 0.25) is 5.02 Å². The second kappa shape index (κ2) is 8.03. The third-order valence-electron chi connectivity index (χ3n) is 4.50. The molecule has 1 amide bonds. The fraction of sp³-hybridized carbons (Fsp3) is 0.150. The van der Waals surface area contributed by atoms with E-state index in [9.17, 15) is 9.18 Å². The number of halogens is 2. The number of carbonyl (C=O) groups excluding carboxylic acids is 1. The molecular weight excluding hydrogens is 413 g/mol. The van der Waals surface area contributed by atoms with Crippen LogP contribution in [0, 0.1) is 5.82 Å². The molecule has 3 aromatic rings. The number of anilines is 4. The van der Waals surface area contributed by atoms with Gasteiger partial charge in [-0.1, -0.05) is 11.6 Å². The molecule has 1 aliphatic rings. The first kappa shape index (κ1) is 19.7. The normalized spacial score (nSPS) is 11.6. The Bertz CT molecular complexity index is 1140. The van der Waals surface area contributed by atoms with E-state index in [-0.39, 0.29) is 17.7 Å². The van der Waals surface area contributed by atoms with Crippen molar-refractivity contribution in [3.05, 3.63) is 58.5 Å². The van der Waals surface area contributed by atoms with Crippen molar-refractivity contribution >= 4 is 40.6 Å². The Labute approximate surface area is 176 Å². The molecule has 0 saturated heterocycles. The summed E-state index contributed by atoms with van der Waals surface area (Å²) in [4.78, 5) is 20.5. The van der Waals surface area contributed by atoms with Gasteiger partial charge in [-0.15, -0.1) is 0 Å². The minimum Gasteiger partial charge on any atom is -0.495 e. The number of fused-ring (bicyclic) bond motifs is 1. The topological polar surface area (TPSA) is 97.4 Å². The summed E-state index contributed by atoms with van der Waals surface area (Å²) < 4.78 is 24.7. The average Bonchev–Trinajstić information content (AvgIpc) is 2.71. The molecule has 30 heavy (non-hydrogen) atoms. The van der Waals surface area contributed by atoms with Gasteiger partial charge in [0.25, 0.3) is 5.91 Å². The zero-order chi connectivity index (χ0) is 21.3. The van der Waals surface area contributed by atoms with Gasteiger partial charge >= 0.3 is 0 Å². The van der Waals surface area contributed by atoms with Crippen molar-refractivity contribution in [2.75, 3.05) is 24.8 Å². The molecule has 0 atom stereocenters. The second-order valence-corrected chi connectivity index (χ2v) is 6.73. The zero-order valence-electron chi connectivity index (χ0n) is 16.0. The second-order valence-electron chi connectivity index (χ2n) is 6.32. The van der Waals surface area contributed by atoms with Crippen LogP contribution in [0.25, 0.3) is 0 Å². The molecule has 3 N–H and O–H groups in total. The van der Waals surface area contributed by atoms with E-state index in [1.165, 1.54) is 7.11 Å². The molecule has 10 heteroatoms. The fourth-order valence-electron chi connectivity index (χ4n) is 2.98. The summed E-state index contributed by atoms with van der Waals surface area (Å²) in [5.41, 5.74) is 2.23. The molecule has 1 aliphatic heterocycles. The molecular formula is C20H17ClFN5O3. The first-order chi connectivity index (χ1) is 14.5. The van der Waals surface area contributed by atoms with Crippen LogP contribution in [0.3, 0.4) is 0 Å². The third-order valence-corrected chi connectivity index (χ3v) is 4.80. The maximum atomic E-state index is 14.3. The molecule has 0 spiro atoms. The summed E-state index contributed by atoms with van der Waals surface area (Å²) in [6.07, 6.45) is 1.03. The van der Waals surface area contributed by atoms with Crippen molar-refractivity contribution in [3.8, 4) is 11.5 Å². The number of hydrogen-bond donors (Lipinski definition) is 3. The van der Waals surface area contributed by atoms with E-state index in [0.29, 0.717) is 40.1 Å². The number of ether oxygens (including phenoxy) is 2. The maximum absolute atomic E-state index is 14.3. The number of hydrogen-bond acceptors (Lipinski definition) is 7. The molecule has 0 fully saturated rings. The van der Waals surface area contributed by atoms with Gasteiger partial charge in [-0.3, -0.25) is 4.79 Å². The highest BCUT2D eigenvalue weighted by Gasteiger charge is 2.26. The lowest BCUT2D eigenvalue weighted by Crippen LogP contribution is -2.25. The quantitative estimate of drug-likeness (QED) is 0.544. The van der Waals surface area contributed by atoms with Gasteiger partial charge in [0.1, 0.15) is 18.1 Å². The van der Waals surface area contributed by atoms with E-state index in [1.807, 2.05) is 0 Å². The first-order valence-electron chi connectivity index (χ1n) is 8.91. The summed E-state index contributed by atoms with van der Waals surface area (Å²) in [6.45, 7) is 0.336. The lowest BCUT2D eigenvalue weighted by atomic mass is 10.0. The van der Waals surface area contributed by atoms with Gasteiger partial charge < -0.3 is 25.4 Å². The molecule has 2 aromatic carbocycles. The molecule has 8 nitrogen and oxygen atoms in total. The highest BCUT2D eigenvalue weighted by molar-refractivity contribution is 6.32. The van der Waals surface area contributed by atoms with Gasteiger partial charge in [-0.05, 0) is 30.3 Å². The van der Waals surface area contributed by atoms with E-state index in [2.05, 4.69) is 25.9 Å². The van der Waals surface area contributed by atoms with Gasteiger partial charge in [0.2, 0.25) is 5.95 Å². The zero-order valence-corrected chi connectivity index (χ0v) is 16.8. The van der Waals surface area contributed by atoms with Crippen LogP contribution < -0.4 is 25.4 Å². The summed E-state index contributed by atoms with van der Waals surface area (Å²) >= 11 is 6.12. The number of amides is 1. The standard InChI is InChI=1S/C20H17ClFN5O3/c1-23-19(28)17-11-9-30-15(11)6-4-14(17)26-20-24-8-13(22)18(27-20)25-10-3-5-16(29-2)12(21)7-10/h3-8H,9H2,1-2H3,(H,23,28)(H2,24,25,26,27). The lowest BCUT2D eigenvalue weighted by molar-refractivity contribution is 0.0957. The van der Waals surface area contributed by atoms with Crippen LogP contribution in [0.1, 0.15) is 15.9 Å². The number of carbonyl (C=O) groups is 1. The number of nitrogens with zero attached hydrogens (tertiary/aromatic N) is 2. The molecule has 0 saturated carbocycles. The lowest BCUT2D eigenvalue weighted by Gasteiger charge is -2.25.